The third-order valence-corrected chi connectivity index (χ3v) is 7.16. The topological polar surface area (TPSA) is 72.5 Å². The van der Waals surface area contributed by atoms with Gasteiger partial charge in [0.2, 0.25) is 0 Å². The van der Waals surface area contributed by atoms with E-state index < -0.39 is 30.7 Å². The summed E-state index contributed by atoms with van der Waals surface area (Å²) in [5.41, 5.74) is 3.85. The number of aldehydes is 1. The maximum absolute atomic E-state index is 12.7. The van der Waals surface area contributed by atoms with Crippen LogP contribution in [0.3, 0.4) is 0 Å². The number of ether oxygens (including phenoxy) is 6. The largest absolute Gasteiger partial charge is 0.368 e. The standard InChI is InChI=1S/C36H38O7/c37-23-32(40-24-28-13-5-1-6-14-28)33(41-25-29-15-7-2-8-16-29)34(42-26-30-17-9-3-10-18-30)35(36-38-21-22-39-36)43-27-31-19-11-4-12-20-31/h1-20,23,32-36H,21-22,24-27H2/t32-,33-,34+,35-/m1/s1. The molecule has 1 aliphatic rings. The number of carbonyl (C=O) groups excluding carboxylic acids is 1. The van der Waals surface area contributed by atoms with E-state index in [1.165, 1.54) is 0 Å². The summed E-state index contributed by atoms with van der Waals surface area (Å²) in [6.07, 6.45) is -3.26. The van der Waals surface area contributed by atoms with Gasteiger partial charge in [-0.25, -0.2) is 0 Å². The summed E-state index contributed by atoms with van der Waals surface area (Å²) in [7, 11) is 0. The van der Waals surface area contributed by atoms with Gasteiger partial charge in [-0.3, -0.25) is 0 Å². The molecule has 1 aliphatic heterocycles. The smallest absolute Gasteiger partial charge is 0.186 e. The number of rotatable bonds is 17. The number of hydrogen-bond donors (Lipinski definition) is 0. The van der Waals surface area contributed by atoms with Gasteiger partial charge >= 0.3 is 0 Å². The van der Waals surface area contributed by atoms with Crippen LogP contribution < -0.4 is 0 Å². The summed E-state index contributed by atoms with van der Waals surface area (Å²) in [4.78, 5) is 12.7. The van der Waals surface area contributed by atoms with E-state index in [9.17, 15) is 4.79 Å². The first-order valence-corrected chi connectivity index (χ1v) is 14.6. The van der Waals surface area contributed by atoms with Crippen LogP contribution in [0.15, 0.2) is 121 Å². The van der Waals surface area contributed by atoms with Gasteiger partial charge in [-0.15, -0.1) is 0 Å². The minimum absolute atomic E-state index is 0.229. The molecule has 5 rings (SSSR count). The van der Waals surface area contributed by atoms with Crippen molar-refractivity contribution in [1.82, 2.24) is 0 Å². The summed E-state index contributed by atoms with van der Waals surface area (Å²) in [6.45, 7) is 1.89. The lowest BCUT2D eigenvalue weighted by molar-refractivity contribution is -0.235. The Morgan fingerprint density at radius 2 is 0.907 bits per heavy atom. The van der Waals surface area contributed by atoms with Crippen molar-refractivity contribution in [2.75, 3.05) is 13.2 Å². The van der Waals surface area contributed by atoms with Crippen molar-refractivity contribution in [2.45, 2.75) is 57.1 Å². The van der Waals surface area contributed by atoms with E-state index in [4.69, 9.17) is 28.4 Å². The molecule has 1 saturated heterocycles. The molecule has 224 valence electrons. The first kappa shape index (κ1) is 30.8. The van der Waals surface area contributed by atoms with Crippen molar-refractivity contribution >= 4 is 6.29 Å². The molecule has 0 amide bonds. The molecule has 7 heteroatoms. The normalized spacial score (nSPS) is 16.4. The summed E-state index contributed by atoms with van der Waals surface area (Å²) in [6, 6.07) is 39.3. The van der Waals surface area contributed by atoms with E-state index in [2.05, 4.69) is 0 Å². The molecule has 0 aromatic heterocycles. The molecule has 0 bridgehead atoms. The van der Waals surface area contributed by atoms with Crippen molar-refractivity contribution in [3.05, 3.63) is 144 Å². The molecule has 7 nitrogen and oxygen atoms in total. The molecule has 43 heavy (non-hydrogen) atoms. The van der Waals surface area contributed by atoms with Gasteiger partial charge in [-0.1, -0.05) is 121 Å². The van der Waals surface area contributed by atoms with Gasteiger partial charge < -0.3 is 33.2 Å². The predicted molar refractivity (Wildman–Crippen MR) is 162 cm³/mol. The minimum Gasteiger partial charge on any atom is -0.368 e. The van der Waals surface area contributed by atoms with Crippen LogP contribution in [-0.2, 0) is 59.6 Å². The lowest BCUT2D eigenvalue weighted by atomic mass is 10.0. The van der Waals surface area contributed by atoms with Crippen molar-refractivity contribution < 1.29 is 33.2 Å². The molecule has 4 aromatic carbocycles. The lowest BCUT2D eigenvalue weighted by Gasteiger charge is -2.37. The van der Waals surface area contributed by atoms with Gasteiger partial charge in [0.1, 0.15) is 24.4 Å². The summed E-state index contributed by atoms with van der Waals surface area (Å²) in [5, 5.41) is 0. The van der Waals surface area contributed by atoms with E-state index in [0.29, 0.717) is 19.8 Å². The highest BCUT2D eigenvalue weighted by atomic mass is 16.7. The van der Waals surface area contributed by atoms with E-state index in [1.54, 1.807) is 0 Å². The molecule has 0 saturated carbocycles. The van der Waals surface area contributed by atoms with Gasteiger partial charge in [0.05, 0.1) is 39.6 Å². The van der Waals surface area contributed by atoms with E-state index in [1.807, 2.05) is 121 Å². The zero-order valence-corrected chi connectivity index (χ0v) is 24.1. The molecule has 1 fully saturated rings. The highest BCUT2D eigenvalue weighted by molar-refractivity contribution is 5.57. The Hall–Kier alpha value is -3.69. The Morgan fingerprint density at radius 1 is 0.535 bits per heavy atom. The van der Waals surface area contributed by atoms with Crippen LogP contribution in [0.5, 0.6) is 0 Å². The molecule has 0 unspecified atom stereocenters. The first-order valence-electron chi connectivity index (χ1n) is 14.6. The Labute approximate surface area is 253 Å². The summed E-state index contributed by atoms with van der Waals surface area (Å²) >= 11 is 0. The van der Waals surface area contributed by atoms with Gasteiger partial charge in [0, 0.05) is 0 Å². The van der Waals surface area contributed by atoms with E-state index in [0.717, 1.165) is 28.5 Å². The Bertz CT molecular complexity index is 1320. The van der Waals surface area contributed by atoms with Crippen LogP contribution >= 0.6 is 0 Å². The third kappa shape index (κ3) is 9.40. The third-order valence-electron chi connectivity index (χ3n) is 7.16. The highest BCUT2D eigenvalue weighted by Gasteiger charge is 2.44. The molecule has 1 heterocycles. The fourth-order valence-corrected chi connectivity index (χ4v) is 4.93. The fourth-order valence-electron chi connectivity index (χ4n) is 4.93. The monoisotopic (exact) mass is 582 g/mol. The zero-order valence-electron chi connectivity index (χ0n) is 24.1. The molecule has 0 spiro atoms. The van der Waals surface area contributed by atoms with Crippen molar-refractivity contribution in [1.29, 1.82) is 0 Å². The molecular weight excluding hydrogens is 544 g/mol. The second kappa shape index (κ2) is 16.8. The van der Waals surface area contributed by atoms with Gasteiger partial charge in [-0.2, -0.15) is 0 Å². The SMILES string of the molecule is O=C[C@@H](OCc1ccccc1)[C@@H](OCc1ccccc1)[C@H](OCc1ccccc1)[C@@H](OCc1ccccc1)C1OCCO1. The predicted octanol–water partition coefficient (Wildman–Crippen LogP) is 5.90. The van der Waals surface area contributed by atoms with Crippen LogP contribution in [0.1, 0.15) is 22.3 Å². The van der Waals surface area contributed by atoms with E-state index in [-0.39, 0.29) is 19.8 Å². The van der Waals surface area contributed by atoms with Crippen LogP contribution in [-0.4, -0.2) is 50.2 Å². The molecule has 4 atom stereocenters. The Kier molecular flexibility index (Phi) is 12.0. The van der Waals surface area contributed by atoms with Crippen molar-refractivity contribution in [3.8, 4) is 0 Å². The number of benzene rings is 4. The zero-order chi connectivity index (χ0) is 29.5. The van der Waals surface area contributed by atoms with Crippen LogP contribution in [0.25, 0.3) is 0 Å². The molecular formula is C36H38O7. The maximum atomic E-state index is 12.7. The second-order valence-electron chi connectivity index (χ2n) is 10.3. The average molecular weight is 583 g/mol. The van der Waals surface area contributed by atoms with Gasteiger partial charge in [0.25, 0.3) is 0 Å². The van der Waals surface area contributed by atoms with Crippen molar-refractivity contribution in [2.24, 2.45) is 0 Å². The van der Waals surface area contributed by atoms with Gasteiger partial charge in [-0.05, 0) is 22.3 Å². The highest BCUT2D eigenvalue weighted by Crippen LogP contribution is 2.27. The Balaban J connectivity index is 1.46. The molecule has 0 N–H and O–H groups in total. The van der Waals surface area contributed by atoms with Crippen LogP contribution in [0.2, 0.25) is 0 Å². The maximum Gasteiger partial charge on any atom is 0.186 e. The molecule has 0 aliphatic carbocycles. The Morgan fingerprint density at radius 3 is 1.33 bits per heavy atom. The summed E-state index contributed by atoms with van der Waals surface area (Å²) in [5.74, 6) is 0. The van der Waals surface area contributed by atoms with Crippen LogP contribution in [0.4, 0.5) is 0 Å². The molecule has 0 radical (unpaired) electrons. The van der Waals surface area contributed by atoms with E-state index >= 15 is 0 Å². The van der Waals surface area contributed by atoms with Crippen molar-refractivity contribution in [3.63, 3.8) is 0 Å². The van der Waals surface area contributed by atoms with Gasteiger partial charge in [0.15, 0.2) is 12.6 Å². The quantitative estimate of drug-likeness (QED) is 0.144. The number of hydrogen-bond acceptors (Lipinski definition) is 7. The average Bonchev–Trinajstić information content (AvgIpc) is 3.61. The minimum atomic E-state index is -0.964. The molecule has 4 aromatic rings. The fraction of sp³-hybridized carbons (Fsp3) is 0.306. The second-order valence-corrected chi connectivity index (χ2v) is 10.3. The summed E-state index contributed by atoms with van der Waals surface area (Å²) < 4.78 is 37.9. The van der Waals surface area contributed by atoms with Crippen LogP contribution in [0, 0.1) is 0 Å². The lowest BCUT2D eigenvalue weighted by Crippen LogP contribution is -2.54. The first-order chi connectivity index (χ1) is 21.3. The number of carbonyl (C=O) groups is 1.